The van der Waals surface area contributed by atoms with Gasteiger partial charge in [-0.15, -0.1) is 0 Å². The van der Waals surface area contributed by atoms with E-state index in [0.717, 1.165) is 13.0 Å². The van der Waals surface area contributed by atoms with Crippen molar-refractivity contribution in [2.75, 3.05) is 12.8 Å². The Morgan fingerprint density at radius 1 is 1.19 bits per heavy atom. The Morgan fingerprint density at radius 3 is 2.38 bits per heavy atom. The molecule has 0 aliphatic carbocycles. The summed E-state index contributed by atoms with van der Waals surface area (Å²) in [5.74, 6) is 0. The van der Waals surface area contributed by atoms with Crippen LogP contribution in [0.15, 0.2) is 29.2 Å². The Hall–Kier alpha value is -0.870. The van der Waals surface area contributed by atoms with Gasteiger partial charge in [0, 0.05) is 12.3 Å². The first kappa shape index (κ1) is 11.6. The van der Waals surface area contributed by atoms with Crippen LogP contribution in [-0.2, 0) is 9.84 Å². The molecule has 1 aliphatic rings. The number of rotatable bonds is 2. The van der Waals surface area contributed by atoms with Crippen LogP contribution < -0.4 is 5.32 Å². The molecule has 1 saturated heterocycles. The molecule has 1 heterocycles. The van der Waals surface area contributed by atoms with Gasteiger partial charge in [0.15, 0.2) is 9.84 Å². The average molecular weight is 239 g/mol. The zero-order chi connectivity index (χ0) is 11.6. The van der Waals surface area contributed by atoms with Crippen molar-refractivity contribution in [3.63, 3.8) is 0 Å². The molecule has 3 nitrogen and oxygen atoms in total. The molecule has 1 aromatic carbocycles. The Labute approximate surface area is 96.8 Å². The highest BCUT2D eigenvalue weighted by atomic mass is 32.2. The lowest BCUT2D eigenvalue weighted by Gasteiger charge is -2.23. The van der Waals surface area contributed by atoms with E-state index in [4.69, 9.17) is 0 Å². The fourth-order valence-electron chi connectivity index (χ4n) is 2.08. The van der Waals surface area contributed by atoms with Gasteiger partial charge >= 0.3 is 0 Å². The topological polar surface area (TPSA) is 46.2 Å². The molecule has 1 atom stereocenters. The zero-order valence-electron chi connectivity index (χ0n) is 9.44. The molecule has 1 fully saturated rings. The second kappa shape index (κ2) is 4.55. The maximum atomic E-state index is 11.3. The van der Waals surface area contributed by atoms with Gasteiger partial charge < -0.3 is 5.32 Å². The molecular weight excluding hydrogens is 222 g/mol. The van der Waals surface area contributed by atoms with E-state index in [1.54, 1.807) is 12.1 Å². The second-order valence-electron chi connectivity index (χ2n) is 4.34. The van der Waals surface area contributed by atoms with Crippen molar-refractivity contribution >= 4 is 9.84 Å². The van der Waals surface area contributed by atoms with E-state index in [2.05, 4.69) is 5.32 Å². The summed E-state index contributed by atoms with van der Waals surface area (Å²) < 4.78 is 22.6. The van der Waals surface area contributed by atoms with Crippen molar-refractivity contribution in [3.8, 4) is 0 Å². The van der Waals surface area contributed by atoms with Crippen molar-refractivity contribution in [2.24, 2.45) is 0 Å². The fraction of sp³-hybridized carbons (Fsp3) is 0.500. The number of sulfone groups is 1. The standard InChI is InChI=1S/C12H17NO2S/c1-16(14,15)11-7-5-10(6-8-11)12-4-2-3-9-13-12/h5-8,12-13H,2-4,9H2,1H3. The molecule has 2 rings (SSSR count). The summed E-state index contributed by atoms with van der Waals surface area (Å²) in [6.45, 7) is 1.05. The van der Waals surface area contributed by atoms with Gasteiger partial charge in [0.2, 0.25) is 0 Å². The van der Waals surface area contributed by atoms with Crippen LogP contribution in [0.5, 0.6) is 0 Å². The number of hydrogen-bond acceptors (Lipinski definition) is 3. The van der Waals surface area contributed by atoms with Crippen LogP contribution in [0.3, 0.4) is 0 Å². The molecule has 16 heavy (non-hydrogen) atoms. The first-order chi connectivity index (χ1) is 7.57. The predicted molar refractivity (Wildman–Crippen MR) is 64.1 cm³/mol. The third kappa shape index (κ3) is 2.62. The second-order valence-corrected chi connectivity index (χ2v) is 6.36. The average Bonchev–Trinajstić information content (AvgIpc) is 2.29. The monoisotopic (exact) mass is 239 g/mol. The summed E-state index contributed by atoms with van der Waals surface area (Å²) in [7, 11) is -3.07. The molecule has 0 saturated carbocycles. The highest BCUT2D eigenvalue weighted by Gasteiger charge is 2.15. The molecule has 0 amide bonds. The van der Waals surface area contributed by atoms with Crippen LogP contribution in [0, 0.1) is 0 Å². The van der Waals surface area contributed by atoms with Gasteiger partial charge in [-0.05, 0) is 37.1 Å². The van der Waals surface area contributed by atoms with Gasteiger partial charge in [0.1, 0.15) is 0 Å². The summed E-state index contributed by atoms with van der Waals surface area (Å²) in [6, 6.07) is 7.61. The van der Waals surface area contributed by atoms with Crippen LogP contribution in [-0.4, -0.2) is 21.2 Å². The van der Waals surface area contributed by atoms with Crippen LogP contribution in [0.1, 0.15) is 30.9 Å². The molecule has 0 bridgehead atoms. The lowest BCUT2D eigenvalue weighted by molar-refractivity contribution is 0.412. The van der Waals surface area contributed by atoms with Crippen molar-refractivity contribution in [2.45, 2.75) is 30.2 Å². The molecule has 0 radical (unpaired) electrons. The molecule has 0 spiro atoms. The van der Waals surface area contributed by atoms with Crippen molar-refractivity contribution in [1.29, 1.82) is 0 Å². The van der Waals surface area contributed by atoms with Crippen LogP contribution in [0.25, 0.3) is 0 Å². The Balaban J connectivity index is 2.18. The molecule has 0 aromatic heterocycles. The van der Waals surface area contributed by atoms with Gasteiger partial charge in [-0.1, -0.05) is 18.6 Å². The van der Waals surface area contributed by atoms with Crippen molar-refractivity contribution in [1.82, 2.24) is 5.32 Å². The molecule has 88 valence electrons. The third-order valence-electron chi connectivity index (χ3n) is 3.02. The van der Waals surface area contributed by atoms with Gasteiger partial charge in [-0.25, -0.2) is 8.42 Å². The molecular formula is C12H17NO2S. The van der Waals surface area contributed by atoms with E-state index < -0.39 is 9.84 Å². The highest BCUT2D eigenvalue weighted by Crippen LogP contribution is 2.23. The van der Waals surface area contributed by atoms with E-state index in [9.17, 15) is 8.42 Å². The van der Waals surface area contributed by atoms with Crippen LogP contribution in [0.4, 0.5) is 0 Å². The summed E-state index contributed by atoms with van der Waals surface area (Å²) in [4.78, 5) is 0.395. The highest BCUT2D eigenvalue weighted by molar-refractivity contribution is 7.90. The maximum Gasteiger partial charge on any atom is 0.175 e. The molecule has 4 heteroatoms. The Kier molecular flexibility index (Phi) is 3.30. The number of benzene rings is 1. The van der Waals surface area contributed by atoms with E-state index in [-0.39, 0.29) is 0 Å². The lowest BCUT2D eigenvalue weighted by atomic mass is 9.98. The molecule has 1 aliphatic heterocycles. The minimum Gasteiger partial charge on any atom is -0.310 e. The summed E-state index contributed by atoms with van der Waals surface area (Å²) in [6.07, 6.45) is 4.85. The normalized spacial score (nSPS) is 21.9. The van der Waals surface area contributed by atoms with Gasteiger partial charge in [0.25, 0.3) is 0 Å². The molecule has 1 N–H and O–H groups in total. The van der Waals surface area contributed by atoms with Crippen LogP contribution in [0.2, 0.25) is 0 Å². The fourth-order valence-corrected chi connectivity index (χ4v) is 2.71. The number of nitrogens with one attached hydrogen (secondary N) is 1. The van der Waals surface area contributed by atoms with E-state index in [0.29, 0.717) is 10.9 Å². The third-order valence-corrected chi connectivity index (χ3v) is 4.15. The van der Waals surface area contributed by atoms with Crippen molar-refractivity contribution < 1.29 is 8.42 Å². The first-order valence-corrected chi connectivity index (χ1v) is 7.50. The molecule has 1 aromatic rings. The van der Waals surface area contributed by atoms with Gasteiger partial charge in [-0.3, -0.25) is 0 Å². The SMILES string of the molecule is CS(=O)(=O)c1ccc(C2CCCCN2)cc1. The quantitative estimate of drug-likeness (QED) is 0.857. The van der Waals surface area contributed by atoms with Crippen molar-refractivity contribution in [3.05, 3.63) is 29.8 Å². The maximum absolute atomic E-state index is 11.3. The predicted octanol–water partition coefficient (Wildman–Crippen LogP) is 1.90. The first-order valence-electron chi connectivity index (χ1n) is 5.61. The van der Waals surface area contributed by atoms with E-state index in [1.165, 1.54) is 24.7 Å². The zero-order valence-corrected chi connectivity index (χ0v) is 10.3. The smallest absolute Gasteiger partial charge is 0.175 e. The van der Waals surface area contributed by atoms with Crippen LogP contribution >= 0.6 is 0 Å². The minimum absolute atomic E-state index is 0.391. The minimum atomic E-state index is -3.07. The van der Waals surface area contributed by atoms with E-state index >= 15 is 0 Å². The largest absolute Gasteiger partial charge is 0.310 e. The Morgan fingerprint density at radius 2 is 1.88 bits per heavy atom. The van der Waals surface area contributed by atoms with E-state index in [1.807, 2.05) is 12.1 Å². The summed E-state index contributed by atoms with van der Waals surface area (Å²) in [5.41, 5.74) is 1.19. The summed E-state index contributed by atoms with van der Waals surface area (Å²) >= 11 is 0. The molecule has 1 unspecified atom stereocenters. The van der Waals surface area contributed by atoms with Gasteiger partial charge in [0.05, 0.1) is 4.90 Å². The summed E-state index contributed by atoms with van der Waals surface area (Å²) in [5, 5.41) is 3.44. The van der Waals surface area contributed by atoms with Gasteiger partial charge in [-0.2, -0.15) is 0 Å². The lowest BCUT2D eigenvalue weighted by Crippen LogP contribution is -2.26. The number of piperidine rings is 1. The number of hydrogen-bond donors (Lipinski definition) is 1. The Bertz CT molecular complexity index is 444.